The maximum absolute atomic E-state index is 11.0. The van der Waals surface area contributed by atoms with Crippen LogP contribution in [0.1, 0.15) is 11.7 Å². The molecule has 0 radical (unpaired) electrons. The summed E-state index contributed by atoms with van der Waals surface area (Å²) in [5, 5.41) is 12.5. The number of likely N-dealkylation sites (N-methyl/N-ethyl adjacent to an activating group) is 1. The Balaban J connectivity index is 2.86. The minimum atomic E-state index is -3.28. The highest BCUT2D eigenvalue weighted by Crippen LogP contribution is 2.17. The van der Waals surface area contributed by atoms with E-state index >= 15 is 0 Å². The van der Waals surface area contributed by atoms with Crippen LogP contribution in [0, 0.1) is 0 Å². The minimum Gasteiger partial charge on any atom is -0.387 e. The van der Waals surface area contributed by atoms with Crippen LogP contribution in [-0.4, -0.2) is 33.4 Å². The van der Waals surface area contributed by atoms with Crippen molar-refractivity contribution in [3.63, 3.8) is 0 Å². The maximum atomic E-state index is 11.0. The third-order valence-corrected chi connectivity index (χ3v) is 2.58. The molecule has 0 saturated carbocycles. The van der Waals surface area contributed by atoms with Gasteiger partial charge in [-0.2, -0.15) is 0 Å². The Morgan fingerprint density at radius 3 is 2.69 bits per heavy atom. The Labute approximate surface area is 95.5 Å². The summed E-state index contributed by atoms with van der Waals surface area (Å²) in [4.78, 5) is 0. The first-order chi connectivity index (χ1) is 7.42. The Hall–Kier alpha value is -1.11. The fraction of sp³-hybridized carbons (Fsp3) is 0.400. The molecule has 0 aliphatic rings. The molecular weight excluding hydrogens is 228 g/mol. The van der Waals surface area contributed by atoms with Gasteiger partial charge in [0.15, 0.2) is 0 Å². The normalized spacial score (nSPS) is 13.4. The van der Waals surface area contributed by atoms with E-state index in [-0.39, 0.29) is 0 Å². The van der Waals surface area contributed by atoms with E-state index in [4.69, 9.17) is 0 Å². The molecule has 1 rings (SSSR count). The SMILES string of the molecule is CNC[C@H](O)c1cccc(NS(C)(=O)=O)c1. The summed E-state index contributed by atoms with van der Waals surface area (Å²) in [6, 6.07) is 6.69. The Bertz CT molecular complexity index is 445. The quantitative estimate of drug-likeness (QED) is 0.696. The molecule has 1 aromatic rings. The summed E-state index contributed by atoms with van der Waals surface area (Å²) < 4.78 is 24.4. The zero-order chi connectivity index (χ0) is 12.2. The van der Waals surface area contributed by atoms with Crippen LogP contribution >= 0.6 is 0 Å². The van der Waals surface area contributed by atoms with E-state index in [1.54, 1.807) is 31.3 Å². The van der Waals surface area contributed by atoms with Crippen molar-refractivity contribution in [1.82, 2.24) is 5.32 Å². The van der Waals surface area contributed by atoms with Crippen LogP contribution in [-0.2, 0) is 10.0 Å². The molecule has 0 bridgehead atoms. The van der Waals surface area contributed by atoms with Crippen molar-refractivity contribution in [3.05, 3.63) is 29.8 Å². The van der Waals surface area contributed by atoms with Crippen LogP contribution in [0.2, 0.25) is 0 Å². The van der Waals surface area contributed by atoms with E-state index in [0.717, 1.165) is 6.26 Å². The third-order valence-electron chi connectivity index (χ3n) is 1.97. The lowest BCUT2D eigenvalue weighted by molar-refractivity contribution is 0.178. The van der Waals surface area contributed by atoms with Gasteiger partial charge in [0.1, 0.15) is 0 Å². The smallest absolute Gasteiger partial charge is 0.229 e. The molecule has 6 heteroatoms. The molecule has 16 heavy (non-hydrogen) atoms. The fourth-order valence-electron chi connectivity index (χ4n) is 1.33. The molecule has 0 aliphatic heterocycles. The number of aliphatic hydroxyl groups excluding tert-OH is 1. The first kappa shape index (κ1) is 13.0. The zero-order valence-electron chi connectivity index (χ0n) is 9.27. The predicted molar refractivity (Wildman–Crippen MR) is 63.8 cm³/mol. The van der Waals surface area contributed by atoms with Crippen LogP contribution in [0.4, 0.5) is 5.69 Å². The van der Waals surface area contributed by atoms with Crippen molar-refractivity contribution >= 4 is 15.7 Å². The number of benzene rings is 1. The number of aliphatic hydroxyl groups is 1. The monoisotopic (exact) mass is 244 g/mol. The Morgan fingerprint density at radius 2 is 2.12 bits per heavy atom. The van der Waals surface area contributed by atoms with Gasteiger partial charge in [-0.25, -0.2) is 8.42 Å². The molecule has 0 saturated heterocycles. The summed E-state index contributed by atoms with van der Waals surface area (Å²) >= 11 is 0. The topological polar surface area (TPSA) is 78.4 Å². The van der Waals surface area contributed by atoms with Crippen molar-refractivity contribution in [2.75, 3.05) is 24.6 Å². The van der Waals surface area contributed by atoms with Crippen LogP contribution in [0.3, 0.4) is 0 Å². The number of anilines is 1. The van der Waals surface area contributed by atoms with Gasteiger partial charge in [0.25, 0.3) is 0 Å². The van der Waals surface area contributed by atoms with E-state index in [2.05, 4.69) is 10.0 Å². The molecule has 0 unspecified atom stereocenters. The van der Waals surface area contributed by atoms with Crippen molar-refractivity contribution in [2.24, 2.45) is 0 Å². The van der Waals surface area contributed by atoms with Gasteiger partial charge in [-0.15, -0.1) is 0 Å². The molecule has 0 fully saturated rings. The van der Waals surface area contributed by atoms with Gasteiger partial charge in [0.05, 0.1) is 12.4 Å². The maximum Gasteiger partial charge on any atom is 0.229 e. The molecule has 0 amide bonds. The highest BCUT2D eigenvalue weighted by atomic mass is 32.2. The second kappa shape index (κ2) is 5.29. The average molecular weight is 244 g/mol. The molecule has 3 N–H and O–H groups in total. The number of hydrogen-bond donors (Lipinski definition) is 3. The van der Waals surface area contributed by atoms with Crippen molar-refractivity contribution in [1.29, 1.82) is 0 Å². The third kappa shape index (κ3) is 4.18. The van der Waals surface area contributed by atoms with Gasteiger partial charge in [0, 0.05) is 12.2 Å². The predicted octanol–water partition coefficient (Wildman–Crippen LogP) is 0.311. The highest BCUT2D eigenvalue weighted by Gasteiger charge is 2.08. The van der Waals surface area contributed by atoms with E-state index < -0.39 is 16.1 Å². The van der Waals surface area contributed by atoms with Crippen molar-refractivity contribution in [2.45, 2.75) is 6.10 Å². The molecule has 0 spiro atoms. The van der Waals surface area contributed by atoms with Gasteiger partial charge < -0.3 is 10.4 Å². The van der Waals surface area contributed by atoms with Gasteiger partial charge in [0.2, 0.25) is 10.0 Å². The average Bonchev–Trinajstić information content (AvgIpc) is 2.16. The number of hydrogen-bond acceptors (Lipinski definition) is 4. The molecular formula is C10H16N2O3S. The first-order valence-corrected chi connectivity index (χ1v) is 6.72. The molecule has 5 nitrogen and oxygen atoms in total. The summed E-state index contributed by atoms with van der Waals surface area (Å²) in [6.07, 6.45) is 0.440. The van der Waals surface area contributed by atoms with E-state index in [9.17, 15) is 13.5 Å². The molecule has 0 heterocycles. The van der Waals surface area contributed by atoms with Crippen molar-refractivity contribution in [3.8, 4) is 0 Å². The number of nitrogens with one attached hydrogen (secondary N) is 2. The summed E-state index contributed by atoms with van der Waals surface area (Å²) in [5.41, 5.74) is 1.12. The summed E-state index contributed by atoms with van der Waals surface area (Å²) in [5.74, 6) is 0. The van der Waals surface area contributed by atoms with Crippen molar-refractivity contribution < 1.29 is 13.5 Å². The van der Waals surface area contributed by atoms with Crippen LogP contribution in [0.15, 0.2) is 24.3 Å². The first-order valence-electron chi connectivity index (χ1n) is 4.83. The van der Waals surface area contributed by atoms with E-state index in [0.29, 0.717) is 17.8 Å². The van der Waals surface area contributed by atoms with Crippen LogP contribution in [0.25, 0.3) is 0 Å². The number of sulfonamides is 1. The lowest BCUT2D eigenvalue weighted by atomic mass is 10.1. The lowest BCUT2D eigenvalue weighted by Crippen LogP contribution is -2.17. The second-order valence-corrected chi connectivity index (χ2v) is 5.32. The Kier molecular flexibility index (Phi) is 4.28. The summed E-state index contributed by atoms with van der Waals surface area (Å²) in [7, 11) is -1.54. The van der Waals surface area contributed by atoms with Crippen LogP contribution in [0.5, 0.6) is 0 Å². The van der Waals surface area contributed by atoms with Gasteiger partial charge in [-0.1, -0.05) is 12.1 Å². The molecule has 0 aliphatic carbocycles. The zero-order valence-corrected chi connectivity index (χ0v) is 10.1. The van der Waals surface area contributed by atoms with Gasteiger partial charge >= 0.3 is 0 Å². The lowest BCUT2D eigenvalue weighted by Gasteiger charge is -2.12. The number of rotatable bonds is 5. The van der Waals surface area contributed by atoms with Crippen LogP contribution < -0.4 is 10.0 Å². The molecule has 1 aromatic carbocycles. The van der Waals surface area contributed by atoms with E-state index in [1.807, 2.05) is 0 Å². The largest absolute Gasteiger partial charge is 0.387 e. The Morgan fingerprint density at radius 1 is 1.44 bits per heavy atom. The highest BCUT2D eigenvalue weighted by molar-refractivity contribution is 7.92. The van der Waals surface area contributed by atoms with Gasteiger partial charge in [-0.3, -0.25) is 4.72 Å². The second-order valence-electron chi connectivity index (χ2n) is 3.57. The van der Waals surface area contributed by atoms with Gasteiger partial charge in [-0.05, 0) is 24.7 Å². The summed E-state index contributed by atoms with van der Waals surface area (Å²) in [6.45, 7) is 0.419. The van der Waals surface area contributed by atoms with E-state index in [1.165, 1.54) is 0 Å². The standard InChI is InChI=1S/C10H16N2O3S/c1-11-7-10(13)8-4-3-5-9(6-8)12-16(2,14)15/h3-6,10-13H,7H2,1-2H3/t10-/m0/s1. The minimum absolute atomic E-state index is 0.419. The molecule has 90 valence electrons. The fourth-order valence-corrected chi connectivity index (χ4v) is 1.89. The molecule has 0 aromatic heterocycles. The molecule has 1 atom stereocenters.